The van der Waals surface area contributed by atoms with E-state index in [2.05, 4.69) is 60.1 Å². The van der Waals surface area contributed by atoms with Gasteiger partial charge in [-0.3, -0.25) is 12.9 Å². The monoisotopic (exact) mass is 1630 g/mol. The quantitative estimate of drug-likeness (QED) is 0.0127. The van der Waals surface area contributed by atoms with Crippen LogP contribution in [-0.2, 0) is 142 Å². The van der Waals surface area contributed by atoms with Crippen molar-refractivity contribution in [3.8, 4) is 0 Å². The molecule has 0 amide bonds. The fraction of sp³-hybridized carbons (Fsp3) is 0.556. The van der Waals surface area contributed by atoms with Gasteiger partial charge in [0.05, 0.1) is 86.9 Å². The van der Waals surface area contributed by atoms with E-state index in [-0.39, 0.29) is 173 Å². The largest absolute Gasteiger partial charge is 0.762 e. The Balaban J connectivity index is -0.000000758. The van der Waals surface area contributed by atoms with Crippen molar-refractivity contribution in [3.63, 3.8) is 0 Å². The van der Waals surface area contributed by atoms with Crippen LogP contribution < -0.4 is 0 Å². The first-order valence-corrected chi connectivity index (χ1v) is 33.5. The maximum absolute atomic E-state index is 13.2. The van der Waals surface area contributed by atoms with Gasteiger partial charge in [-0.25, -0.2) is 38.4 Å². The molecule has 6 heterocycles. The third-order valence-electron chi connectivity index (χ3n) is 15.0. The summed E-state index contributed by atoms with van der Waals surface area (Å²) in [5.74, 6) is -4.29. The molecular weight excluding hydrogens is 1500 g/mol. The maximum atomic E-state index is 13.2. The third-order valence-corrected chi connectivity index (χ3v) is 15.0. The Morgan fingerprint density at radius 1 is 0.404 bits per heavy atom. The molecule has 6 fully saturated rings. The zero-order chi connectivity index (χ0) is 76.0. The molecule has 6 aliphatic rings. The number of benzene rings is 6. The molecule has 29 nitrogen and oxygen atoms in total. The van der Waals surface area contributed by atoms with E-state index in [0.29, 0.717) is 39.6 Å². The van der Waals surface area contributed by atoms with Gasteiger partial charge >= 0.3 is 55.3 Å². The zero-order valence-electron chi connectivity index (χ0n) is 58.9. The van der Waals surface area contributed by atoms with E-state index in [1.54, 1.807) is 6.92 Å². The summed E-state index contributed by atoms with van der Waals surface area (Å²) < 4.78 is 124. The molecule has 6 aliphatic heterocycles. The van der Waals surface area contributed by atoms with Crippen molar-refractivity contribution in [1.29, 1.82) is 0 Å². The number of aliphatic hydroxyl groups is 2. The van der Waals surface area contributed by atoms with Crippen LogP contribution in [-0.4, -0.2) is 260 Å². The summed E-state index contributed by atoms with van der Waals surface area (Å²) in [5, 5.41) is 25.8. The summed E-state index contributed by atoms with van der Waals surface area (Å²) in [6.07, 6.45) is -6.17. The lowest BCUT2D eigenvalue weighted by atomic mass is 9.97. The molecule has 6 aromatic rings. The molecule has 0 spiro atoms. The summed E-state index contributed by atoms with van der Waals surface area (Å²) in [6.45, 7) is 8.96. The zero-order valence-corrected chi connectivity index (χ0v) is 58.9. The number of halogens is 3. The van der Waals surface area contributed by atoms with Gasteiger partial charge in [0.15, 0.2) is 48.8 Å². The first-order valence-electron chi connectivity index (χ1n) is 33.5. The van der Waals surface area contributed by atoms with Crippen molar-refractivity contribution in [2.75, 3.05) is 134 Å². The number of methoxy groups -OCH3 is 3. The van der Waals surface area contributed by atoms with Crippen LogP contribution in [0.5, 0.6) is 0 Å². The molecule has 6 aromatic carbocycles. The Hall–Kier alpha value is -8.55. The molecule has 10 atom stereocenters. The van der Waals surface area contributed by atoms with E-state index in [0.717, 1.165) is 74.0 Å². The minimum absolute atomic E-state index is 0. The van der Waals surface area contributed by atoms with Crippen LogP contribution in [0, 0.1) is 0 Å². The molecule has 12 rings (SSSR count). The van der Waals surface area contributed by atoms with Gasteiger partial charge in [0.1, 0.15) is 51.8 Å². The van der Waals surface area contributed by atoms with E-state index in [4.69, 9.17) is 76.5 Å². The van der Waals surface area contributed by atoms with Crippen molar-refractivity contribution < 1.29 is 152 Å². The van der Waals surface area contributed by atoms with Gasteiger partial charge in [-0.15, -0.1) is 0 Å². The minimum Gasteiger partial charge on any atom is -0.467 e. The Morgan fingerprint density at radius 2 is 0.719 bits per heavy atom. The SMILES string of the molecule is C.C.C.C.C.C.C.C.C.CCC(OCC(OCC(OCC(OC)C(=O)OC)C(=O)OCC1CO1)C(=O)OCCO)C(=O)OCc1c2ccccc2cc2ccccc12.CCOCC.COC(=O)C1CO1.FB(F)F.O=C(OCC1CO1)C1CO1.O=C(OCCO)C1CO1.O=C(OCc1c2ccccc2cc2ccccc12)C1CO1. The van der Waals surface area contributed by atoms with Crippen molar-refractivity contribution >= 4 is 98.4 Å². The Kier molecular flexibility index (Phi) is 59.7. The first-order chi connectivity index (χ1) is 50.8. The number of aliphatic hydroxyl groups excluding tert-OH is 2. The van der Waals surface area contributed by atoms with Crippen LogP contribution in [0.3, 0.4) is 0 Å². The van der Waals surface area contributed by atoms with E-state index >= 15 is 0 Å². The van der Waals surface area contributed by atoms with E-state index in [1.165, 1.54) is 21.3 Å². The van der Waals surface area contributed by atoms with Gasteiger partial charge < -0.3 is 100 Å². The second kappa shape index (κ2) is 60.9. The molecule has 10 unspecified atom stereocenters. The number of fused-ring (bicyclic) bond motifs is 4. The highest BCUT2D eigenvalue weighted by Gasteiger charge is 2.37. The average Bonchev–Trinajstić information content (AvgIpc) is 1.72. The molecule has 2 N–H and O–H groups in total. The fourth-order valence-corrected chi connectivity index (χ4v) is 9.11. The lowest BCUT2D eigenvalue weighted by molar-refractivity contribution is -0.182. The molecule has 33 heteroatoms. The van der Waals surface area contributed by atoms with Crippen LogP contribution in [0.1, 0.15) is 105 Å². The van der Waals surface area contributed by atoms with Crippen molar-refractivity contribution in [3.05, 3.63) is 120 Å². The predicted octanol–water partition coefficient (Wildman–Crippen LogP) is 11.2. The molecule has 6 saturated heterocycles. The molecule has 0 radical (unpaired) electrons. The highest BCUT2D eigenvalue weighted by atomic mass is 19.4. The first kappa shape index (κ1) is 112. The number of esters is 8. The van der Waals surface area contributed by atoms with Crippen molar-refractivity contribution in [2.45, 2.75) is 168 Å². The van der Waals surface area contributed by atoms with Crippen LogP contribution >= 0.6 is 0 Å². The Bertz CT molecular complexity index is 3590. The van der Waals surface area contributed by atoms with Gasteiger partial charge in [0.2, 0.25) is 0 Å². The topological polar surface area (TPSA) is 372 Å². The summed E-state index contributed by atoms with van der Waals surface area (Å²) in [5.41, 5.74) is 1.90. The summed E-state index contributed by atoms with van der Waals surface area (Å²) >= 11 is 0. The second-order valence-electron chi connectivity index (χ2n) is 22.7. The number of epoxide rings is 6. The van der Waals surface area contributed by atoms with E-state index in [9.17, 15) is 51.3 Å². The molecule has 0 aliphatic carbocycles. The highest BCUT2D eigenvalue weighted by molar-refractivity contribution is 6.33. The second-order valence-corrected chi connectivity index (χ2v) is 22.7. The fourth-order valence-electron chi connectivity index (χ4n) is 9.11. The van der Waals surface area contributed by atoms with Gasteiger partial charge in [0, 0.05) is 31.5 Å². The van der Waals surface area contributed by atoms with E-state index in [1.807, 2.05) is 86.6 Å². The van der Waals surface area contributed by atoms with Crippen LogP contribution in [0.25, 0.3) is 43.1 Å². The normalized spacial score (nSPS) is 17.4. The minimum atomic E-state index is -3.67. The summed E-state index contributed by atoms with van der Waals surface area (Å²) in [7, 11) is 0.125. The lowest BCUT2D eigenvalue weighted by Crippen LogP contribution is -2.41. The Morgan fingerprint density at radius 3 is 1.04 bits per heavy atom. The van der Waals surface area contributed by atoms with Crippen LogP contribution in [0.2, 0.25) is 0 Å². The van der Waals surface area contributed by atoms with E-state index < -0.39 is 82.3 Å². The molecule has 114 heavy (non-hydrogen) atoms. The van der Waals surface area contributed by atoms with Crippen LogP contribution in [0.15, 0.2) is 109 Å². The number of carbonyl (C=O) groups excluding carboxylic acids is 8. The molecular formula is C81H124BF3O29. The number of hydrogen-bond donors (Lipinski definition) is 2. The number of rotatable bonds is 33. The van der Waals surface area contributed by atoms with Gasteiger partial charge in [-0.2, -0.15) is 0 Å². The summed E-state index contributed by atoms with van der Waals surface area (Å²) in [4.78, 5) is 94.1. The summed E-state index contributed by atoms with van der Waals surface area (Å²) in [6, 6.07) is 36.2. The van der Waals surface area contributed by atoms with Crippen molar-refractivity contribution in [1.82, 2.24) is 0 Å². The molecule has 646 valence electrons. The smallest absolute Gasteiger partial charge is 0.467 e. The number of ether oxygens (including phenoxy) is 19. The van der Waals surface area contributed by atoms with Gasteiger partial charge in [0.25, 0.3) is 0 Å². The van der Waals surface area contributed by atoms with Crippen LogP contribution in [0.4, 0.5) is 12.9 Å². The van der Waals surface area contributed by atoms with Crippen molar-refractivity contribution in [2.24, 2.45) is 0 Å². The lowest BCUT2D eigenvalue weighted by Gasteiger charge is -2.23. The molecule has 0 aromatic heterocycles. The third kappa shape index (κ3) is 41.1. The molecule has 0 bridgehead atoms. The maximum Gasteiger partial charge on any atom is 0.762 e. The molecule has 0 saturated carbocycles. The van der Waals surface area contributed by atoms with Gasteiger partial charge in [-0.05, 0) is 75.5 Å². The Labute approximate surface area is 669 Å². The number of carbonyl (C=O) groups is 8. The predicted molar refractivity (Wildman–Crippen MR) is 425 cm³/mol. The average molecular weight is 1630 g/mol. The standard InChI is InChI=1S/C35H42O14.C18H14O3.C6H8O4.C5H8O4.C4H6O3.C4H10O.9CH4.BF3/c1-4-28(33(38)49-18-27-25-11-7-5-9-22(25)15-23-10-6-8-12-26(23)27)45-20-30(34(39)43-14-13-36)47-21-31(35(40)48-17-24-16-44-24)46-19-29(41-2)32(37)42-3;19-18(17-11-20-17)21-10-16-14-7-3-1-5-12(14)9-13-6-2-4-8-15(13)16;7-6(5-3-9-5)10-2-4-1-8-4;6-1-2-8-5(7)4-3-9-4;1-6-4(5)3-2-7-3;1-3-5-4-2;;;;;;;;;;2-1(3)4/h5-12,15,24,28-31,36H,4,13-14,16-21H2,1-3H3;1-9,17H,10-11H2;4-5H,1-3H2;4,6H,1-3H2;3H,2H2,1H3;3-4H2,1-2H3;9*1H4;. The number of hydrogen-bond acceptors (Lipinski definition) is 29. The van der Waals surface area contributed by atoms with Gasteiger partial charge in [-0.1, -0.05) is 171 Å². The highest BCUT2D eigenvalue weighted by Crippen LogP contribution is 2.31.